The SMILES string of the molecule is O=C(NC(=S)Nc1cccc2ncccc12)c1cccc2ccccc12. The average Bonchev–Trinajstić information content (AvgIpc) is 2.67. The van der Waals surface area contributed by atoms with Gasteiger partial charge in [-0.25, -0.2) is 0 Å². The molecule has 0 atom stereocenters. The topological polar surface area (TPSA) is 54.0 Å². The van der Waals surface area contributed by atoms with E-state index in [-0.39, 0.29) is 11.0 Å². The van der Waals surface area contributed by atoms with E-state index in [0.717, 1.165) is 27.4 Å². The maximum Gasteiger partial charge on any atom is 0.258 e. The molecule has 0 spiro atoms. The second-order valence-electron chi connectivity index (χ2n) is 5.81. The Morgan fingerprint density at radius 1 is 0.846 bits per heavy atom. The molecule has 4 aromatic rings. The Balaban J connectivity index is 1.57. The largest absolute Gasteiger partial charge is 0.332 e. The first-order valence-corrected chi connectivity index (χ1v) is 8.57. The van der Waals surface area contributed by atoms with Gasteiger partial charge >= 0.3 is 0 Å². The summed E-state index contributed by atoms with van der Waals surface area (Å²) in [4.78, 5) is 17.0. The lowest BCUT2D eigenvalue weighted by Gasteiger charge is -2.12. The van der Waals surface area contributed by atoms with E-state index in [0.29, 0.717) is 5.56 Å². The van der Waals surface area contributed by atoms with Gasteiger partial charge in [-0.05, 0) is 53.3 Å². The van der Waals surface area contributed by atoms with Gasteiger partial charge in [0.15, 0.2) is 5.11 Å². The van der Waals surface area contributed by atoms with Crippen LogP contribution in [0.5, 0.6) is 0 Å². The number of hydrogen-bond acceptors (Lipinski definition) is 3. The predicted octanol–water partition coefficient (Wildman–Crippen LogP) is 4.51. The van der Waals surface area contributed by atoms with Gasteiger partial charge in [-0.3, -0.25) is 15.1 Å². The first kappa shape index (κ1) is 16.2. The molecule has 0 aliphatic rings. The quantitative estimate of drug-likeness (QED) is 0.518. The molecule has 0 unspecified atom stereocenters. The van der Waals surface area contributed by atoms with Crippen molar-refractivity contribution in [1.82, 2.24) is 10.3 Å². The van der Waals surface area contributed by atoms with Crippen molar-refractivity contribution in [3.63, 3.8) is 0 Å². The fourth-order valence-electron chi connectivity index (χ4n) is 2.96. The molecule has 0 radical (unpaired) electrons. The lowest BCUT2D eigenvalue weighted by molar-refractivity contribution is 0.0979. The number of benzene rings is 3. The molecular formula is C21H15N3OS. The van der Waals surface area contributed by atoms with Gasteiger partial charge in [-0.15, -0.1) is 0 Å². The minimum atomic E-state index is -0.238. The predicted molar refractivity (Wildman–Crippen MR) is 109 cm³/mol. The van der Waals surface area contributed by atoms with Crippen molar-refractivity contribution in [2.24, 2.45) is 0 Å². The second-order valence-corrected chi connectivity index (χ2v) is 6.22. The highest BCUT2D eigenvalue weighted by Crippen LogP contribution is 2.21. The van der Waals surface area contributed by atoms with E-state index >= 15 is 0 Å². The molecule has 126 valence electrons. The van der Waals surface area contributed by atoms with E-state index in [1.54, 1.807) is 12.3 Å². The van der Waals surface area contributed by atoms with Crippen LogP contribution in [0.3, 0.4) is 0 Å². The zero-order valence-corrected chi connectivity index (χ0v) is 14.6. The number of carbonyl (C=O) groups is 1. The fraction of sp³-hybridized carbons (Fsp3) is 0. The Morgan fingerprint density at radius 2 is 1.62 bits per heavy atom. The van der Waals surface area contributed by atoms with E-state index in [9.17, 15) is 4.79 Å². The van der Waals surface area contributed by atoms with Crippen LogP contribution in [0.15, 0.2) is 79.0 Å². The van der Waals surface area contributed by atoms with Crippen LogP contribution in [-0.2, 0) is 0 Å². The Morgan fingerprint density at radius 3 is 2.54 bits per heavy atom. The maximum atomic E-state index is 12.7. The number of fused-ring (bicyclic) bond motifs is 2. The lowest BCUT2D eigenvalue weighted by atomic mass is 10.0. The summed E-state index contributed by atoms with van der Waals surface area (Å²) in [5, 5.41) is 8.95. The van der Waals surface area contributed by atoms with Crippen LogP contribution >= 0.6 is 12.2 Å². The summed E-state index contributed by atoms with van der Waals surface area (Å²) in [5.74, 6) is -0.238. The smallest absolute Gasteiger partial charge is 0.258 e. The van der Waals surface area contributed by atoms with E-state index in [1.165, 1.54) is 0 Å². The number of hydrogen-bond donors (Lipinski definition) is 2. The molecule has 4 nitrogen and oxygen atoms in total. The summed E-state index contributed by atoms with van der Waals surface area (Å²) >= 11 is 5.33. The Hall–Kier alpha value is -3.31. The maximum absolute atomic E-state index is 12.7. The molecule has 0 saturated heterocycles. The van der Waals surface area contributed by atoms with Crippen molar-refractivity contribution in [3.05, 3.63) is 84.6 Å². The number of thiocarbonyl (C=S) groups is 1. The van der Waals surface area contributed by atoms with Gasteiger partial charge in [0.2, 0.25) is 0 Å². The normalized spacial score (nSPS) is 10.6. The van der Waals surface area contributed by atoms with Gasteiger partial charge in [0, 0.05) is 22.8 Å². The second kappa shape index (κ2) is 6.90. The van der Waals surface area contributed by atoms with E-state index in [1.807, 2.05) is 66.7 Å². The van der Waals surface area contributed by atoms with E-state index < -0.39 is 0 Å². The number of nitrogens with zero attached hydrogens (tertiary/aromatic N) is 1. The van der Waals surface area contributed by atoms with Crippen LogP contribution in [-0.4, -0.2) is 16.0 Å². The third-order valence-electron chi connectivity index (χ3n) is 4.16. The van der Waals surface area contributed by atoms with Gasteiger partial charge in [-0.2, -0.15) is 0 Å². The third kappa shape index (κ3) is 3.12. The Bertz CT molecular complexity index is 1130. The summed E-state index contributed by atoms with van der Waals surface area (Å²) in [6, 6.07) is 23.0. The molecule has 3 aromatic carbocycles. The van der Waals surface area contributed by atoms with Crippen molar-refractivity contribution >= 4 is 50.6 Å². The van der Waals surface area contributed by atoms with Crippen LogP contribution in [0.25, 0.3) is 21.7 Å². The third-order valence-corrected chi connectivity index (χ3v) is 4.36. The highest BCUT2D eigenvalue weighted by atomic mass is 32.1. The molecule has 0 bridgehead atoms. The zero-order chi connectivity index (χ0) is 17.9. The van der Waals surface area contributed by atoms with Crippen LogP contribution in [0.2, 0.25) is 0 Å². The highest BCUT2D eigenvalue weighted by molar-refractivity contribution is 7.80. The monoisotopic (exact) mass is 357 g/mol. The first-order valence-electron chi connectivity index (χ1n) is 8.16. The number of aromatic nitrogens is 1. The van der Waals surface area contributed by atoms with Crippen molar-refractivity contribution < 1.29 is 4.79 Å². The molecule has 1 aromatic heterocycles. The Labute approximate surface area is 155 Å². The molecule has 0 saturated carbocycles. The molecule has 2 N–H and O–H groups in total. The van der Waals surface area contributed by atoms with E-state index in [4.69, 9.17) is 12.2 Å². The van der Waals surface area contributed by atoms with Crippen molar-refractivity contribution in [2.75, 3.05) is 5.32 Å². The summed E-state index contributed by atoms with van der Waals surface area (Å²) < 4.78 is 0. The van der Waals surface area contributed by atoms with Gasteiger partial charge in [-0.1, -0.05) is 42.5 Å². The molecule has 1 heterocycles. The van der Waals surface area contributed by atoms with Gasteiger partial charge in [0.05, 0.1) is 5.52 Å². The first-order chi connectivity index (χ1) is 12.7. The summed E-state index contributed by atoms with van der Waals surface area (Å²) in [6.45, 7) is 0. The van der Waals surface area contributed by atoms with E-state index in [2.05, 4.69) is 15.6 Å². The van der Waals surface area contributed by atoms with Crippen LogP contribution < -0.4 is 10.6 Å². The number of anilines is 1. The number of pyridine rings is 1. The molecule has 0 aliphatic carbocycles. The van der Waals surface area contributed by atoms with Crippen molar-refractivity contribution in [3.8, 4) is 0 Å². The summed E-state index contributed by atoms with van der Waals surface area (Å²) in [6.07, 6.45) is 1.74. The standard InChI is InChI=1S/C21H15N3OS/c25-20(16-9-3-7-14-6-1-2-8-15(14)16)24-21(26)23-19-12-4-11-18-17(19)10-5-13-22-18/h1-13H,(H2,23,24,25,26). The Kier molecular flexibility index (Phi) is 4.29. The number of nitrogens with one attached hydrogen (secondary N) is 2. The van der Waals surface area contributed by atoms with Crippen LogP contribution in [0, 0.1) is 0 Å². The van der Waals surface area contributed by atoms with Gasteiger partial charge in [0.1, 0.15) is 0 Å². The average molecular weight is 357 g/mol. The van der Waals surface area contributed by atoms with Gasteiger partial charge in [0.25, 0.3) is 5.91 Å². The minimum Gasteiger partial charge on any atom is -0.332 e. The molecular weight excluding hydrogens is 342 g/mol. The molecule has 0 fully saturated rings. The fourth-order valence-corrected chi connectivity index (χ4v) is 3.16. The molecule has 0 aliphatic heterocycles. The van der Waals surface area contributed by atoms with Crippen LogP contribution in [0.4, 0.5) is 5.69 Å². The lowest BCUT2D eigenvalue weighted by Crippen LogP contribution is -2.34. The summed E-state index contributed by atoms with van der Waals surface area (Å²) in [5.41, 5.74) is 2.26. The molecule has 4 rings (SSSR count). The highest BCUT2D eigenvalue weighted by Gasteiger charge is 2.12. The zero-order valence-electron chi connectivity index (χ0n) is 13.8. The summed E-state index contributed by atoms with van der Waals surface area (Å²) in [7, 11) is 0. The van der Waals surface area contributed by atoms with Crippen LogP contribution in [0.1, 0.15) is 10.4 Å². The van der Waals surface area contributed by atoms with Crippen molar-refractivity contribution in [2.45, 2.75) is 0 Å². The van der Waals surface area contributed by atoms with Crippen molar-refractivity contribution in [1.29, 1.82) is 0 Å². The molecule has 5 heteroatoms. The number of carbonyl (C=O) groups excluding carboxylic acids is 1. The number of rotatable bonds is 2. The van der Waals surface area contributed by atoms with Gasteiger partial charge < -0.3 is 5.32 Å². The number of amides is 1. The minimum absolute atomic E-state index is 0.238. The molecule has 1 amide bonds. The molecule has 26 heavy (non-hydrogen) atoms.